The van der Waals surface area contributed by atoms with Crippen LogP contribution in [0.1, 0.15) is 38.4 Å². The fourth-order valence-electron chi connectivity index (χ4n) is 2.92. The van der Waals surface area contributed by atoms with Crippen molar-refractivity contribution in [1.82, 2.24) is 15.0 Å². The van der Waals surface area contributed by atoms with Gasteiger partial charge in [0.1, 0.15) is 0 Å². The van der Waals surface area contributed by atoms with Crippen molar-refractivity contribution in [3.8, 4) is 11.5 Å². The number of likely N-dealkylation sites (tertiary alicyclic amines) is 1. The average Bonchev–Trinajstić information content (AvgIpc) is 3.18. The van der Waals surface area contributed by atoms with Crippen LogP contribution in [0.3, 0.4) is 0 Å². The van der Waals surface area contributed by atoms with E-state index in [1.54, 1.807) is 11.3 Å². The number of thiophene rings is 1. The maximum atomic E-state index is 10.2. The molecule has 3 heterocycles. The van der Waals surface area contributed by atoms with Gasteiger partial charge >= 0.3 is 0 Å². The lowest BCUT2D eigenvalue weighted by molar-refractivity contribution is 0.0179. The number of nitrogens with zero attached hydrogens (tertiary/aromatic N) is 3. The first-order chi connectivity index (χ1) is 10.3. The molecule has 2 atom stereocenters. The van der Waals surface area contributed by atoms with Gasteiger partial charge in [0, 0.05) is 11.4 Å². The minimum atomic E-state index is -0.270. The Hall–Kier alpha value is -1.24. The van der Waals surface area contributed by atoms with Gasteiger partial charge in [-0.1, -0.05) is 18.5 Å². The SMILES string of the molecule is CCC(O)C1CCCCN1Cc1noc(-c2ccsc2)n1. The third kappa shape index (κ3) is 3.33. The Morgan fingerprint density at radius 3 is 3.19 bits per heavy atom. The van der Waals surface area contributed by atoms with Crippen LogP contribution in [0, 0.1) is 0 Å². The second-order valence-corrected chi connectivity index (χ2v) is 6.32. The van der Waals surface area contributed by atoms with Crippen LogP contribution < -0.4 is 0 Å². The molecule has 0 spiro atoms. The molecule has 0 aliphatic carbocycles. The number of aliphatic hydroxyl groups excluding tert-OH is 1. The highest BCUT2D eigenvalue weighted by Crippen LogP contribution is 2.24. The lowest BCUT2D eigenvalue weighted by Gasteiger charge is -2.37. The predicted molar refractivity (Wildman–Crippen MR) is 82.0 cm³/mol. The standard InChI is InChI=1S/C15H21N3O2S/c1-2-13(19)12-5-3-4-7-18(12)9-14-16-15(20-17-14)11-6-8-21-10-11/h6,8,10,12-13,19H,2-5,7,9H2,1H3. The minimum absolute atomic E-state index is 0.215. The number of hydrogen-bond acceptors (Lipinski definition) is 6. The van der Waals surface area contributed by atoms with Crippen molar-refractivity contribution in [3.63, 3.8) is 0 Å². The van der Waals surface area contributed by atoms with Gasteiger partial charge in [-0.25, -0.2) is 0 Å². The first kappa shape index (κ1) is 14.7. The van der Waals surface area contributed by atoms with Gasteiger partial charge in [-0.3, -0.25) is 4.90 Å². The van der Waals surface area contributed by atoms with E-state index in [2.05, 4.69) is 15.0 Å². The zero-order chi connectivity index (χ0) is 14.7. The molecule has 0 bridgehead atoms. The average molecular weight is 307 g/mol. The van der Waals surface area contributed by atoms with E-state index < -0.39 is 0 Å². The second kappa shape index (κ2) is 6.68. The molecule has 5 nitrogen and oxygen atoms in total. The molecule has 1 fully saturated rings. The fourth-order valence-corrected chi connectivity index (χ4v) is 3.55. The highest BCUT2D eigenvalue weighted by atomic mass is 32.1. The van der Waals surface area contributed by atoms with Gasteiger partial charge in [-0.05, 0) is 37.3 Å². The van der Waals surface area contributed by atoms with E-state index in [4.69, 9.17) is 4.52 Å². The molecular formula is C15H21N3O2S. The summed E-state index contributed by atoms with van der Waals surface area (Å²) in [6.07, 6.45) is 3.92. The van der Waals surface area contributed by atoms with Crippen LogP contribution in [-0.2, 0) is 6.54 Å². The third-order valence-electron chi connectivity index (χ3n) is 4.11. The van der Waals surface area contributed by atoms with Crippen LogP contribution in [-0.4, -0.2) is 38.8 Å². The van der Waals surface area contributed by atoms with Crippen LogP contribution in [0.4, 0.5) is 0 Å². The van der Waals surface area contributed by atoms with Crippen molar-refractivity contribution in [3.05, 3.63) is 22.7 Å². The summed E-state index contributed by atoms with van der Waals surface area (Å²) in [5.74, 6) is 1.28. The number of piperidine rings is 1. The van der Waals surface area contributed by atoms with Gasteiger partial charge in [-0.15, -0.1) is 0 Å². The molecule has 2 aromatic heterocycles. The molecular weight excluding hydrogens is 286 g/mol. The number of hydrogen-bond donors (Lipinski definition) is 1. The van der Waals surface area contributed by atoms with E-state index in [-0.39, 0.29) is 12.1 Å². The lowest BCUT2D eigenvalue weighted by Crippen LogP contribution is -2.46. The molecule has 1 aliphatic heterocycles. The summed E-state index contributed by atoms with van der Waals surface area (Å²) >= 11 is 1.62. The zero-order valence-electron chi connectivity index (χ0n) is 12.2. The van der Waals surface area contributed by atoms with Crippen LogP contribution in [0.25, 0.3) is 11.5 Å². The van der Waals surface area contributed by atoms with Crippen molar-refractivity contribution < 1.29 is 9.63 Å². The predicted octanol–water partition coefficient (Wildman–Crippen LogP) is 2.92. The number of aliphatic hydroxyl groups is 1. The summed E-state index contributed by atoms with van der Waals surface area (Å²) in [7, 11) is 0. The van der Waals surface area contributed by atoms with E-state index in [9.17, 15) is 5.11 Å². The van der Waals surface area contributed by atoms with Crippen molar-refractivity contribution in [2.45, 2.75) is 51.3 Å². The lowest BCUT2D eigenvalue weighted by atomic mass is 9.96. The topological polar surface area (TPSA) is 62.4 Å². The van der Waals surface area contributed by atoms with Crippen molar-refractivity contribution >= 4 is 11.3 Å². The summed E-state index contributed by atoms with van der Waals surface area (Å²) < 4.78 is 5.33. The molecule has 1 N–H and O–H groups in total. The molecule has 2 aromatic rings. The van der Waals surface area contributed by atoms with E-state index >= 15 is 0 Å². The van der Waals surface area contributed by atoms with Gasteiger partial charge in [0.15, 0.2) is 5.82 Å². The van der Waals surface area contributed by atoms with E-state index in [1.165, 1.54) is 12.8 Å². The molecule has 3 rings (SSSR count). The first-order valence-corrected chi connectivity index (χ1v) is 8.49. The Labute approximate surface area is 128 Å². The minimum Gasteiger partial charge on any atom is -0.392 e. The maximum Gasteiger partial charge on any atom is 0.258 e. The number of aromatic nitrogens is 2. The van der Waals surface area contributed by atoms with Crippen molar-refractivity contribution in [1.29, 1.82) is 0 Å². The maximum absolute atomic E-state index is 10.2. The molecule has 0 saturated carbocycles. The van der Waals surface area contributed by atoms with Crippen LogP contribution in [0.5, 0.6) is 0 Å². The van der Waals surface area contributed by atoms with E-state index in [0.29, 0.717) is 18.3 Å². The molecule has 114 valence electrons. The monoisotopic (exact) mass is 307 g/mol. The Balaban J connectivity index is 1.70. The summed E-state index contributed by atoms with van der Waals surface area (Å²) in [5, 5.41) is 18.3. The second-order valence-electron chi connectivity index (χ2n) is 5.54. The smallest absolute Gasteiger partial charge is 0.258 e. The Kier molecular flexibility index (Phi) is 4.67. The third-order valence-corrected chi connectivity index (χ3v) is 4.79. The normalized spacial score (nSPS) is 21.5. The highest BCUT2D eigenvalue weighted by Gasteiger charge is 2.28. The summed E-state index contributed by atoms with van der Waals surface area (Å²) in [6.45, 7) is 3.67. The molecule has 6 heteroatoms. The Morgan fingerprint density at radius 1 is 1.52 bits per heavy atom. The van der Waals surface area contributed by atoms with Gasteiger partial charge in [0.05, 0.1) is 18.2 Å². The largest absolute Gasteiger partial charge is 0.392 e. The summed E-state index contributed by atoms with van der Waals surface area (Å²) in [6, 6.07) is 2.19. The van der Waals surface area contributed by atoms with Gasteiger partial charge in [0.25, 0.3) is 5.89 Å². The van der Waals surface area contributed by atoms with Gasteiger partial charge in [-0.2, -0.15) is 16.3 Å². The van der Waals surface area contributed by atoms with Crippen LogP contribution in [0.2, 0.25) is 0 Å². The molecule has 0 aromatic carbocycles. The molecule has 1 aliphatic rings. The highest BCUT2D eigenvalue weighted by molar-refractivity contribution is 7.08. The van der Waals surface area contributed by atoms with Crippen LogP contribution >= 0.6 is 11.3 Å². The molecule has 21 heavy (non-hydrogen) atoms. The van der Waals surface area contributed by atoms with Crippen molar-refractivity contribution in [2.75, 3.05) is 6.54 Å². The van der Waals surface area contributed by atoms with Crippen molar-refractivity contribution in [2.24, 2.45) is 0 Å². The summed E-state index contributed by atoms with van der Waals surface area (Å²) in [4.78, 5) is 6.76. The fraction of sp³-hybridized carbons (Fsp3) is 0.600. The first-order valence-electron chi connectivity index (χ1n) is 7.55. The molecule has 0 radical (unpaired) electrons. The quantitative estimate of drug-likeness (QED) is 0.920. The molecule has 0 amide bonds. The summed E-state index contributed by atoms with van der Waals surface area (Å²) in [5.41, 5.74) is 0.975. The molecule has 2 unspecified atom stereocenters. The Bertz CT molecular complexity index is 555. The molecule has 1 saturated heterocycles. The van der Waals surface area contributed by atoms with E-state index in [1.807, 2.05) is 23.8 Å². The Morgan fingerprint density at radius 2 is 2.43 bits per heavy atom. The van der Waals surface area contributed by atoms with Crippen LogP contribution in [0.15, 0.2) is 21.3 Å². The zero-order valence-corrected chi connectivity index (χ0v) is 13.1. The van der Waals surface area contributed by atoms with E-state index in [0.717, 1.165) is 24.9 Å². The van der Waals surface area contributed by atoms with Gasteiger partial charge < -0.3 is 9.63 Å². The number of rotatable bonds is 5. The van der Waals surface area contributed by atoms with Gasteiger partial charge in [0.2, 0.25) is 0 Å².